The van der Waals surface area contributed by atoms with E-state index in [0.717, 1.165) is 17.7 Å². The van der Waals surface area contributed by atoms with Gasteiger partial charge in [-0.25, -0.2) is 0 Å². The van der Waals surface area contributed by atoms with Crippen LogP contribution in [-0.4, -0.2) is 16.1 Å². The van der Waals surface area contributed by atoms with Crippen LogP contribution in [0.5, 0.6) is 0 Å². The minimum absolute atomic E-state index is 0.0623. The van der Waals surface area contributed by atoms with Gasteiger partial charge in [-0.1, -0.05) is 0 Å². The maximum atomic E-state index is 12.3. The molecule has 1 aliphatic rings. The third-order valence-electron chi connectivity index (χ3n) is 3.48. The van der Waals surface area contributed by atoms with E-state index in [1.54, 1.807) is 18.3 Å². The van der Waals surface area contributed by atoms with Gasteiger partial charge in [0.25, 0.3) is 5.91 Å². The zero-order valence-electron chi connectivity index (χ0n) is 11.6. The molecule has 6 heteroatoms. The van der Waals surface area contributed by atoms with Gasteiger partial charge in [-0.15, -0.1) is 21.5 Å². The van der Waals surface area contributed by atoms with Crippen molar-refractivity contribution in [2.75, 3.05) is 0 Å². The third kappa shape index (κ3) is 2.60. The van der Waals surface area contributed by atoms with Gasteiger partial charge in [0, 0.05) is 11.8 Å². The van der Waals surface area contributed by atoms with E-state index in [1.165, 1.54) is 23.3 Å². The number of carbonyl (C=O) groups excluding carboxylic acids is 1. The summed E-state index contributed by atoms with van der Waals surface area (Å²) in [5.41, 5.74) is 1.34. The Bertz CT molecular complexity index is 609. The molecule has 2 heterocycles. The Labute approximate surface area is 121 Å². The number of rotatable bonds is 3. The average molecular weight is 291 g/mol. The minimum Gasteiger partial charge on any atom is -0.423 e. The Hall–Kier alpha value is -1.69. The van der Waals surface area contributed by atoms with Gasteiger partial charge in [-0.3, -0.25) is 4.79 Å². The summed E-state index contributed by atoms with van der Waals surface area (Å²) in [6.07, 6.45) is 4.65. The molecule has 0 saturated carbocycles. The van der Waals surface area contributed by atoms with Crippen LogP contribution in [0.15, 0.2) is 10.5 Å². The lowest BCUT2D eigenvalue weighted by atomic mass is 9.99. The van der Waals surface area contributed by atoms with E-state index >= 15 is 0 Å². The fraction of sp³-hybridized carbons (Fsp3) is 0.500. The Morgan fingerprint density at radius 3 is 2.90 bits per heavy atom. The van der Waals surface area contributed by atoms with Crippen molar-refractivity contribution in [3.63, 3.8) is 0 Å². The van der Waals surface area contributed by atoms with Crippen LogP contribution < -0.4 is 5.32 Å². The molecule has 0 aliphatic heterocycles. The molecule has 0 bridgehead atoms. The van der Waals surface area contributed by atoms with E-state index in [9.17, 15) is 4.79 Å². The number of amides is 1. The molecule has 1 aliphatic carbocycles. The third-order valence-corrected chi connectivity index (χ3v) is 4.72. The van der Waals surface area contributed by atoms with Crippen LogP contribution in [-0.2, 0) is 12.8 Å². The number of hydrogen-bond acceptors (Lipinski definition) is 5. The monoisotopic (exact) mass is 291 g/mol. The Morgan fingerprint density at radius 2 is 2.20 bits per heavy atom. The Balaban J connectivity index is 1.71. The minimum atomic E-state index is -0.275. The fourth-order valence-corrected chi connectivity index (χ4v) is 3.58. The van der Waals surface area contributed by atoms with E-state index in [0.29, 0.717) is 11.8 Å². The highest BCUT2D eigenvalue weighted by atomic mass is 32.1. The van der Waals surface area contributed by atoms with Crippen molar-refractivity contribution in [2.24, 2.45) is 0 Å². The number of nitrogens with zero attached hydrogens (tertiary/aromatic N) is 2. The first-order chi connectivity index (χ1) is 9.63. The van der Waals surface area contributed by atoms with E-state index in [2.05, 4.69) is 15.5 Å². The normalized spacial score (nSPS) is 15.7. The van der Waals surface area contributed by atoms with Crippen LogP contribution in [0.1, 0.15) is 57.7 Å². The van der Waals surface area contributed by atoms with Crippen LogP contribution in [0.2, 0.25) is 0 Å². The highest BCUT2D eigenvalue weighted by Gasteiger charge is 2.20. The first-order valence-corrected chi connectivity index (χ1v) is 7.67. The molecule has 0 saturated heterocycles. The number of thiophene rings is 1. The van der Waals surface area contributed by atoms with Crippen LogP contribution in [0.25, 0.3) is 0 Å². The van der Waals surface area contributed by atoms with Crippen molar-refractivity contribution in [1.82, 2.24) is 15.5 Å². The lowest BCUT2D eigenvalue weighted by Gasteiger charge is -2.08. The first kappa shape index (κ1) is 13.3. The lowest BCUT2D eigenvalue weighted by Crippen LogP contribution is -2.26. The Morgan fingerprint density at radius 1 is 1.40 bits per heavy atom. The molecule has 3 rings (SSSR count). The van der Waals surface area contributed by atoms with E-state index in [-0.39, 0.29) is 11.9 Å². The molecule has 1 unspecified atom stereocenters. The number of nitrogens with one attached hydrogen (secondary N) is 1. The van der Waals surface area contributed by atoms with Gasteiger partial charge in [0.05, 0.1) is 4.88 Å². The lowest BCUT2D eigenvalue weighted by molar-refractivity contribution is 0.0938. The fourth-order valence-electron chi connectivity index (χ4n) is 2.42. The maximum absolute atomic E-state index is 12.3. The summed E-state index contributed by atoms with van der Waals surface area (Å²) in [5, 5.41) is 10.6. The van der Waals surface area contributed by atoms with Gasteiger partial charge in [0.2, 0.25) is 11.8 Å². The first-order valence-electron chi connectivity index (χ1n) is 6.86. The number of aryl methyl sites for hydroxylation is 3. The van der Waals surface area contributed by atoms with Crippen LogP contribution in [0, 0.1) is 6.92 Å². The van der Waals surface area contributed by atoms with Crippen molar-refractivity contribution < 1.29 is 9.21 Å². The quantitative estimate of drug-likeness (QED) is 0.944. The second kappa shape index (κ2) is 5.36. The summed E-state index contributed by atoms with van der Waals surface area (Å²) in [7, 11) is 0. The molecule has 20 heavy (non-hydrogen) atoms. The smallest absolute Gasteiger partial charge is 0.262 e. The molecule has 5 nitrogen and oxygen atoms in total. The van der Waals surface area contributed by atoms with Gasteiger partial charge < -0.3 is 9.73 Å². The molecule has 106 valence electrons. The zero-order chi connectivity index (χ0) is 14.1. The predicted octanol–water partition coefficient (Wildman–Crippen LogP) is 2.81. The molecule has 0 spiro atoms. The van der Waals surface area contributed by atoms with E-state index in [1.807, 2.05) is 13.0 Å². The van der Waals surface area contributed by atoms with Crippen LogP contribution >= 0.6 is 11.3 Å². The van der Waals surface area contributed by atoms with Crippen molar-refractivity contribution in [3.05, 3.63) is 33.2 Å². The number of hydrogen-bond donors (Lipinski definition) is 1. The summed E-state index contributed by atoms with van der Waals surface area (Å²) in [4.78, 5) is 14.4. The molecule has 0 fully saturated rings. The van der Waals surface area contributed by atoms with Crippen molar-refractivity contribution in [2.45, 2.75) is 45.6 Å². The molecule has 1 atom stereocenters. The molecule has 1 N–H and O–H groups in total. The summed E-state index contributed by atoms with van der Waals surface area (Å²) < 4.78 is 5.33. The molecule has 2 aromatic rings. The van der Waals surface area contributed by atoms with Crippen molar-refractivity contribution >= 4 is 17.2 Å². The van der Waals surface area contributed by atoms with E-state index in [4.69, 9.17) is 4.42 Å². The summed E-state index contributed by atoms with van der Waals surface area (Å²) in [6, 6.07) is 1.75. The molecular weight excluding hydrogens is 274 g/mol. The molecule has 0 aromatic carbocycles. The highest BCUT2D eigenvalue weighted by molar-refractivity contribution is 7.14. The average Bonchev–Trinajstić information content (AvgIpc) is 3.04. The molecule has 2 aromatic heterocycles. The molecular formula is C14H17N3O2S. The van der Waals surface area contributed by atoms with Gasteiger partial charge in [-0.2, -0.15) is 0 Å². The second-order valence-electron chi connectivity index (χ2n) is 5.12. The molecule has 1 amide bonds. The summed E-state index contributed by atoms with van der Waals surface area (Å²) in [6.45, 7) is 3.58. The summed E-state index contributed by atoms with van der Waals surface area (Å²) in [5.74, 6) is 0.887. The summed E-state index contributed by atoms with van der Waals surface area (Å²) >= 11 is 1.61. The second-order valence-corrected chi connectivity index (χ2v) is 6.26. The predicted molar refractivity (Wildman–Crippen MR) is 75.9 cm³/mol. The highest BCUT2D eigenvalue weighted by Crippen LogP contribution is 2.29. The van der Waals surface area contributed by atoms with E-state index < -0.39 is 0 Å². The van der Waals surface area contributed by atoms with Gasteiger partial charge in [0.15, 0.2) is 0 Å². The van der Waals surface area contributed by atoms with Gasteiger partial charge >= 0.3 is 0 Å². The number of aromatic nitrogens is 2. The van der Waals surface area contributed by atoms with Crippen molar-refractivity contribution in [1.29, 1.82) is 0 Å². The number of carbonyl (C=O) groups is 1. The Kier molecular flexibility index (Phi) is 3.56. The van der Waals surface area contributed by atoms with Gasteiger partial charge in [-0.05, 0) is 44.2 Å². The SMILES string of the molecule is Cc1nnc(C(C)NC(=O)c2cc3c(s2)CCCC3)o1. The zero-order valence-corrected chi connectivity index (χ0v) is 12.4. The largest absolute Gasteiger partial charge is 0.423 e. The number of fused-ring (bicyclic) bond motifs is 1. The van der Waals surface area contributed by atoms with Crippen LogP contribution in [0.4, 0.5) is 0 Å². The molecule has 0 radical (unpaired) electrons. The van der Waals surface area contributed by atoms with Gasteiger partial charge in [0.1, 0.15) is 6.04 Å². The van der Waals surface area contributed by atoms with Crippen molar-refractivity contribution in [3.8, 4) is 0 Å². The maximum Gasteiger partial charge on any atom is 0.262 e. The topological polar surface area (TPSA) is 68.0 Å². The van der Waals surface area contributed by atoms with Crippen LogP contribution in [0.3, 0.4) is 0 Å². The standard InChI is InChI=1S/C14H17N3O2S/c1-8(14-17-16-9(2)19-14)15-13(18)12-7-10-5-3-4-6-11(10)20-12/h7-8H,3-6H2,1-2H3,(H,15,18).